The number of rotatable bonds is 3. The molecule has 9 heteroatoms. The van der Waals surface area contributed by atoms with Crippen LogP contribution >= 0.6 is 11.6 Å². The van der Waals surface area contributed by atoms with Crippen LogP contribution in [-0.2, 0) is 4.84 Å². The Balaban J connectivity index is 2.30. The van der Waals surface area contributed by atoms with Gasteiger partial charge in [0.15, 0.2) is 0 Å². The Morgan fingerprint density at radius 1 is 1.40 bits per heavy atom. The lowest BCUT2D eigenvalue weighted by Gasteiger charge is -2.28. The summed E-state index contributed by atoms with van der Waals surface area (Å²) in [5, 5.41) is 22.4. The summed E-state index contributed by atoms with van der Waals surface area (Å²) in [6, 6.07) is 3.69. The third-order valence-electron chi connectivity index (χ3n) is 2.78. The molecule has 4 nitrogen and oxygen atoms in total. The number of alkyl halides is 4. The van der Waals surface area contributed by atoms with E-state index >= 15 is 0 Å². The van der Waals surface area contributed by atoms with E-state index in [2.05, 4.69) is 9.99 Å². The van der Waals surface area contributed by atoms with E-state index in [1.165, 1.54) is 18.2 Å². The molecule has 0 bridgehead atoms. The first kappa shape index (κ1) is 14.9. The second-order valence-electron chi connectivity index (χ2n) is 4.18. The van der Waals surface area contributed by atoms with E-state index in [9.17, 15) is 27.8 Å². The van der Waals surface area contributed by atoms with Crippen molar-refractivity contribution in [2.24, 2.45) is 5.16 Å². The topological polar surface area (TPSA) is 62.1 Å². The summed E-state index contributed by atoms with van der Waals surface area (Å²) in [5.41, 5.74) is -0.397. The van der Waals surface area contributed by atoms with E-state index in [-0.39, 0.29) is 22.0 Å². The van der Waals surface area contributed by atoms with Crippen molar-refractivity contribution >= 4 is 17.3 Å². The zero-order valence-corrected chi connectivity index (χ0v) is 10.4. The van der Waals surface area contributed by atoms with Gasteiger partial charge < -0.3 is 15.1 Å². The molecule has 2 N–H and O–H groups in total. The molecule has 0 radical (unpaired) electrons. The Morgan fingerprint density at radius 2 is 2.05 bits per heavy atom. The van der Waals surface area contributed by atoms with Gasteiger partial charge in [0, 0.05) is 10.6 Å². The van der Waals surface area contributed by atoms with Gasteiger partial charge in [-0.25, -0.2) is 8.78 Å². The first-order valence-corrected chi connectivity index (χ1v) is 5.67. The van der Waals surface area contributed by atoms with E-state index in [1.54, 1.807) is 0 Å². The predicted octanol–water partition coefficient (Wildman–Crippen LogP) is 2.76. The van der Waals surface area contributed by atoms with Gasteiger partial charge >= 0.3 is 18.1 Å². The fourth-order valence-corrected chi connectivity index (χ4v) is 1.83. The minimum absolute atomic E-state index is 0.0847. The van der Waals surface area contributed by atoms with Crippen LogP contribution in [0.15, 0.2) is 23.4 Å². The Hall–Kier alpha value is -1.54. The van der Waals surface area contributed by atoms with Crippen molar-refractivity contribution in [3.63, 3.8) is 0 Å². The summed E-state index contributed by atoms with van der Waals surface area (Å²) in [5.74, 6) is -8.64. The lowest BCUT2D eigenvalue weighted by Crippen LogP contribution is -2.52. The molecular formula is C11H8ClF4NO3. The normalized spacial score (nSPS) is 22.9. The summed E-state index contributed by atoms with van der Waals surface area (Å²) in [6.45, 7) is 0. The number of hydrogen-bond donors (Lipinski definition) is 2. The molecule has 0 spiro atoms. The molecule has 0 amide bonds. The Morgan fingerprint density at radius 3 is 2.65 bits per heavy atom. The van der Waals surface area contributed by atoms with Crippen molar-refractivity contribution in [1.82, 2.24) is 0 Å². The zero-order chi connectivity index (χ0) is 15.1. The highest BCUT2D eigenvalue weighted by atomic mass is 35.5. The van der Waals surface area contributed by atoms with Gasteiger partial charge in [0.1, 0.15) is 5.75 Å². The lowest BCUT2D eigenvalue weighted by molar-refractivity contribution is -0.338. The summed E-state index contributed by atoms with van der Waals surface area (Å²) in [7, 11) is 0. The maximum Gasteiger partial charge on any atom is 0.373 e. The van der Waals surface area contributed by atoms with Crippen LogP contribution in [0, 0.1) is 0 Å². The molecule has 1 aromatic carbocycles. The summed E-state index contributed by atoms with van der Waals surface area (Å²) in [4.78, 5) is 4.09. The maximum atomic E-state index is 13.2. The average Bonchev–Trinajstić information content (AvgIpc) is 2.76. The molecule has 0 unspecified atom stereocenters. The molecular weight excluding hydrogens is 306 g/mol. The van der Waals surface area contributed by atoms with Gasteiger partial charge in [-0.2, -0.15) is 8.78 Å². The number of phenols is 1. The summed E-state index contributed by atoms with van der Waals surface area (Å²) >= 11 is 5.67. The first-order chi connectivity index (χ1) is 9.17. The molecule has 1 atom stereocenters. The molecule has 2 rings (SSSR count). The van der Waals surface area contributed by atoms with Gasteiger partial charge in [-0.1, -0.05) is 16.8 Å². The number of hydrogen-bond acceptors (Lipinski definition) is 4. The minimum Gasteiger partial charge on any atom is -0.507 e. The molecule has 20 heavy (non-hydrogen) atoms. The Labute approximate surface area is 115 Å². The van der Waals surface area contributed by atoms with Crippen LogP contribution in [0.2, 0.25) is 5.02 Å². The van der Waals surface area contributed by atoms with Crippen LogP contribution in [-0.4, -0.2) is 34.1 Å². The van der Waals surface area contributed by atoms with Gasteiger partial charge in [0.25, 0.3) is 0 Å². The molecule has 1 aromatic rings. The highest BCUT2D eigenvalue weighted by molar-refractivity contribution is 6.31. The Kier molecular flexibility index (Phi) is 3.55. The van der Waals surface area contributed by atoms with Crippen molar-refractivity contribution in [2.45, 2.75) is 24.6 Å². The second kappa shape index (κ2) is 4.78. The SMILES string of the molecule is Oc1ccc(Cl)cc1C1=NO[C@](O)(C(F)(F)C(F)F)C1. The minimum atomic E-state index is -4.81. The van der Waals surface area contributed by atoms with E-state index in [0.29, 0.717) is 0 Å². The maximum absolute atomic E-state index is 13.2. The predicted molar refractivity (Wildman–Crippen MR) is 61.3 cm³/mol. The molecule has 1 heterocycles. The van der Waals surface area contributed by atoms with E-state index < -0.39 is 24.6 Å². The average molecular weight is 314 g/mol. The van der Waals surface area contributed by atoms with Crippen LogP contribution in [0.1, 0.15) is 12.0 Å². The van der Waals surface area contributed by atoms with Crippen molar-refractivity contribution < 1.29 is 32.6 Å². The van der Waals surface area contributed by atoms with Gasteiger partial charge in [-0.3, -0.25) is 0 Å². The molecule has 1 aliphatic rings. The first-order valence-electron chi connectivity index (χ1n) is 5.29. The number of phenolic OH excluding ortho intramolecular Hbond substituents is 1. The van der Waals surface area contributed by atoms with Crippen LogP contribution in [0.5, 0.6) is 5.75 Å². The highest BCUT2D eigenvalue weighted by Gasteiger charge is 2.65. The highest BCUT2D eigenvalue weighted by Crippen LogP contribution is 2.42. The van der Waals surface area contributed by atoms with Crippen molar-refractivity contribution in [3.8, 4) is 5.75 Å². The van der Waals surface area contributed by atoms with Crippen LogP contribution in [0.25, 0.3) is 0 Å². The molecule has 0 saturated carbocycles. The van der Waals surface area contributed by atoms with E-state index in [4.69, 9.17) is 11.6 Å². The van der Waals surface area contributed by atoms with Crippen LogP contribution in [0.3, 0.4) is 0 Å². The fraction of sp³-hybridized carbons (Fsp3) is 0.364. The van der Waals surface area contributed by atoms with Crippen LogP contribution in [0.4, 0.5) is 17.6 Å². The van der Waals surface area contributed by atoms with Crippen molar-refractivity contribution in [2.75, 3.05) is 0 Å². The Bertz CT molecular complexity index is 567. The summed E-state index contributed by atoms with van der Waals surface area (Å²) in [6.07, 6.45) is -5.15. The third-order valence-corrected chi connectivity index (χ3v) is 3.01. The van der Waals surface area contributed by atoms with Crippen molar-refractivity contribution in [3.05, 3.63) is 28.8 Å². The zero-order valence-electron chi connectivity index (χ0n) is 9.66. The van der Waals surface area contributed by atoms with Gasteiger partial charge in [0.2, 0.25) is 0 Å². The number of oxime groups is 1. The number of nitrogens with zero attached hydrogens (tertiary/aromatic N) is 1. The number of aliphatic hydroxyl groups is 1. The molecule has 0 saturated heterocycles. The fourth-order valence-electron chi connectivity index (χ4n) is 1.66. The quantitative estimate of drug-likeness (QED) is 0.844. The van der Waals surface area contributed by atoms with Gasteiger partial charge in [-0.05, 0) is 18.2 Å². The monoisotopic (exact) mass is 313 g/mol. The van der Waals surface area contributed by atoms with Crippen LogP contribution < -0.4 is 0 Å². The molecule has 0 aliphatic carbocycles. The third kappa shape index (κ3) is 2.29. The number of halogens is 5. The summed E-state index contributed by atoms with van der Waals surface area (Å²) < 4.78 is 51.0. The standard InChI is InChI=1S/C11H8ClF4NO3/c12-5-1-2-8(18)6(3-5)7-4-10(19,20-17-7)11(15,16)9(13)14/h1-3,9,18-19H,4H2/t10-/m0/s1. The van der Waals surface area contributed by atoms with E-state index in [0.717, 1.165) is 0 Å². The largest absolute Gasteiger partial charge is 0.507 e. The molecule has 0 aromatic heterocycles. The number of aromatic hydroxyl groups is 1. The van der Waals surface area contributed by atoms with Gasteiger partial charge in [-0.15, -0.1) is 0 Å². The molecule has 110 valence electrons. The molecule has 0 fully saturated rings. The lowest BCUT2D eigenvalue weighted by atomic mass is 9.98. The van der Waals surface area contributed by atoms with E-state index in [1.807, 2.05) is 0 Å². The molecule has 1 aliphatic heterocycles. The number of benzene rings is 1. The smallest absolute Gasteiger partial charge is 0.373 e. The van der Waals surface area contributed by atoms with Crippen molar-refractivity contribution in [1.29, 1.82) is 0 Å². The second-order valence-corrected chi connectivity index (χ2v) is 4.61. The van der Waals surface area contributed by atoms with Gasteiger partial charge in [0.05, 0.1) is 12.1 Å².